The van der Waals surface area contributed by atoms with Crippen molar-refractivity contribution in [2.75, 3.05) is 0 Å². The Bertz CT molecular complexity index is 683. The van der Waals surface area contributed by atoms with Crippen LogP contribution in [0.4, 0.5) is 13.2 Å². The molecule has 0 spiro atoms. The summed E-state index contributed by atoms with van der Waals surface area (Å²) in [6.07, 6.45) is -4.02. The van der Waals surface area contributed by atoms with Crippen molar-refractivity contribution >= 4 is 5.91 Å². The lowest BCUT2D eigenvalue weighted by Gasteiger charge is -2.18. The highest BCUT2D eigenvalue weighted by Crippen LogP contribution is 2.36. The van der Waals surface area contributed by atoms with E-state index in [2.05, 4.69) is 10.4 Å². The van der Waals surface area contributed by atoms with Gasteiger partial charge in [-0.25, -0.2) is 0 Å². The van der Waals surface area contributed by atoms with Gasteiger partial charge < -0.3 is 10.1 Å². The summed E-state index contributed by atoms with van der Waals surface area (Å²) in [7, 11) is 1.72. The van der Waals surface area contributed by atoms with Gasteiger partial charge in [0.05, 0.1) is 17.8 Å². The van der Waals surface area contributed by atoms with Crippen molar-refractivity contribution in [1.29, 1.82) is 0 Å². The largest absolute Gasteiger partial charge is 0.480 e. The first-order valence-corrected chi connectivity index (χ1v) is 6.86. The zero-order valence-electron chi connectivity index (χ0n) is 12.6. The van der Waals surface area contributed by atoms with Crippen LogP contribution >= 0.6 is 0 Å². The molecule has 0 radical (unpaired) electrons. The molecule has 1 amide bonds. The third kappa shape index (κ3) is 4.24. The highest BCUT2D eigenvalue weighted by molar-refractivity contribution is 5.80. The molecule has 0 aliphatic rings. The van der Waals surface area contributed by atoms with Crippen LogP contribution in [0.2, 0.25) is 0 Å². The molecule has 124 valence electrons. The monoisotopic (exact) mass is 327 g/mol. The van der Waals surface area contributed by atoms with Gasteiger partial charge in [-0.2, -0.15) is 18.3 Å². The number of carbonyl (C=O) groups excluding carboxylic acids is 1. The van der Waals surface area contributed by atoms with Gasteiger partial charge in [-0.15, -0.1) is 0 Å². The molecule has 0 unspecified atom stereocenters. The molecule has 0 aliphatic heterocycles. The maximum Gasteiger partial charge on any atom is 0.419 e. The lowest BCUT2D eigenvalue weighted by Crippen LogP contribution is -2.36. The molecule has 0 bridgehead atoms. The quantitative estimate of drug-likeness (QED) is 0.918. The van der Waals surface area contributed by atoms with Crippen LogP contribution in [0.15, 0.2) is 36.5 Å². The summed E-state index contributed by atoms with van der Waals surface area (Å²) < 4.78 is 45.4. The number of nitrogens with one attached hydrogen (secondary N) is 1. The van der Waals surface area contributed by atoms with E-state index < -0.39 is 23.8 Å². The number of hydrogen-bond acceptors (Lipinski definition) is 3. The van der Waals surface area contributed by atoms with Crippen molar-refractivity contribution in [1.82, 2.24) is 15.1 Å². The minimum atomic E-state index is -4.54. The van der Waals surface area contributed by atoms with Crippen LogP contribution in [0.5, 0.6) is 5.75 Å². The molecule has 1 heterocycles. The van der Waals surface area contributed by atoms with Crippen LogP contribution in [-0.2, 0) is 24.6 Å². The van der Waals surface area contributed by atoms with Crippen LogP contribution < -0.4 is 10.1 Å². The number of carbonyl (C=O) groups is 1. The second kappa shape index (κ2) is 6.72. The third-order valence-corrected chi connectivity index (χ3v) is 3.23. The van der Waals surface area contributed by atoms with E-state index >= 15 is 0 Å². The molecular formula is C15H16F3N3O2. The van der Waals surface area contributed by atoms with Gasteiger partial charge in [0.2, 0.25) is 0 Å². The second-order valence-electron chi connectivity index (χ2n) is 4.92. The molecule has 2 aromatic rings. The maximum absolute atomic E-state index is 12.9. The summed E-state index contributed by atoms with van der Waals surface area (Å²) in [6, 6.07) is 6.52. The van der Waals surface area contributed by atoms with E-state index in [4.69, 9.17) is 4.74 Å². The molecule has 1 aromatic heterocycles. The number of benzene rings is 1. The third-order valence-electron chi connectivity index (χ3n) is 3.23. The lowest BCUT2D eigenvalue weighted by molar-refractivity contribution is -0.140. The summed E-state index contributed by atoms with van der Waals surface area (Å²) in [4.78, 5) is 12.0. The number of ether oxygens (including phenoxy) is 1. The van der Waals surface area contributed by atoms with Crippen LogP contribution in [0.25, 0.3) is 0 Å². The van der Waals surface area contributed by atoms with Gasteiger partial charge in [-0.1, -0.05) is 12.1 Å². The number of hydrogen-bond donors (Lipinski definition) is 1. The SMILES string of the molecule is C[C@H](Oc1ccccc1C(F)(F)F)C(=O)NCc1ccnn1C. The molecule has 0 fully saturated rings. The first kappa shape index (κ1) is 16.9. The number of aromatic nitrogens is 2. The molecule has 1 atom stereocenters. The topological polar surface area (TPSA) is 56.1 Å². The molecule has 5 nitrogen and oxygen atoms in total. The first-order valence-electron chi connectivity index (χ1n) is 6.86. The molecular weight excluding hydrogens is 311 g/mol. The van der Waals surface area contributed by atoms with Crippen molar-refractivity contribution < 1.29 is 22.7 Å². The number of para-hydroxylation sites is 1. The van der Waals surface area contributed by atoms with E-state index in [0.717, 1.165) is 11.8 Å². The smallest absolute Gasteiger partial charge is 0.419 e. The van der Waals surface area contributed by atoms with Crippen LogP contribution in [-0.4, -0.2) is 21.8 Å². The Morgan fingerprint density at radius 3 is 2.65 bits per heavy atom. The molecule has 23 heavy (non-hydrogen) atoms. The fraction of sp³-hybridized carbons (Fsp3) is 0.333. The van der Waals surface area contributed by atoms with Crippen molar-refractivity contribution in [2.24, 2.45) is 7.05 Å². The highest BCUT2D eigenvalue weighted by Gasteiger charge is 2.34. The molecule has 0 saturated heterocycles. The van der Waals surface area contributed by atoms with E-state index in [-0.39, 0.29) is 12.3 Å². The Balaban J connectivity index is 2.00. The van der Waals surface area contributed by atoms with E-state index in [0.29, 0.717) is 0 Å². The van der Waals surface area contributed by atoms with Crippen LogP contribution in [0.1, 0.15) is 18.2 Å². The fourth-order valence-electron chi connectivity index (χ4n) is 1.94. The average molecular weight is 327 g/mol. The Morgan fingerprint density at radius 2 is 2.04 bits per heavy atom. The van der Waals surface area contributed by atoms with Gasteiger partial charge in [0.1, 0.15) is 5.75 Å². The summed E-state index contributed by atoms with van der Waals surface area (Å²) in [5.74, 6) is -0.883. The Labute approximate surface area is 131 Å². The highest BCUT2D eigenvalue weighted by atomic mass is 19.4. The van der Waals surface area contributed by atoms with Crippen molar-refractivity contribution in [2.45, 2.75) is 25.7 Å². The summed E-state index contributed by atoms with van der Waals surface area (Å²) in [5.41, 5.74) is -0.146. The number of rotatable bonds is 5. The van der Waals surface area contributed by atoms with Crippen molar-refractivity contribution in [3.8, 4) is 5.75 Å². The number of amides is 1. The lowest BCUT2D eigenvalue weighted by atomic mass is 10.2. The fourth-order valence-corrected chi connectivity index (χ4v) is 1.94. The zero-order valence-corrected chi connectivity index (χ0v) is 12.6. The van der Waals surface area contributed by atoms with Gasteiger partial charge in [0, 0.05) is 13.2 Å². The van der Waals surface area contributed by atoms with Crippen molar-refractivity contribution in [3.63, 3.8) is 0 Å². The summed E-state index contributed by atoms with van der Waals surface area (Å²) >= 11 is 0. The number of halogens is 3. The summed E-state index contributed by atoms with van der Waals surface area (Å²) in [6.45, 7) is 1.61. The molecule has 8 heteroatoms. The Kier molecular flexibility index (Phi) is 4.92. The van der Waals surface area contributed by atoms with Crippen LogP contribution in [0.3, 0.4) is 0 Å². The predicted octanol–water partition coefficient (Wildman–Crippen LogP) is 2.52. The normalized spacial score (nSPS) is 12.7. The molecule has 0 saturated carbocycles. The molecule has 2 rings (SSSR count). The van der Waals surface area contributed by atoms with Gasteiger partial charge in [-0.3, -0.25) is 9.48 Å². The number of nitrogens with zero attached hydrogens (tertiary/aromatic N) is 2. The minimum Gasteiger partial charge on any atom is -0.480 e. The van der Waals surface area contributed by atoms with E-state index in [1.165, 1.54) is 25.1 Å². The predicted molar refractivity (Wildman–Crippen MR) is 76.6 cm³/mol. The average Bonchev–Trinajstić information content (AvgIpc) is 2.89. The molecule has 0 aliphatic carbocycles. The van der Waals surface area contributed by atoms with Gasteiger partial charge >= 0.3 is 6.18 Å². The second-order valence-corrected chi connectivity index (χ2v) is 4.92. The minimum absolute atomic E-state index is 0.212. The van der Waals surface area contributed by atoms with Gasteiger partial charge in [0.15, 0.2) is 6.10 Å². The number of aryl methyl sites for hydroxylation is 1. The molecule has 1 N–H and O–H groups in total. The van der Waals surface area contributed by atoms with Crippen molar-refractivity contribution in [3.05, 3.63) is 47.8 Å². The zero-order chi connectivity index (χ0) is 17.0. The van der Waals surface area contributed by atoms with Gasteiger partial charge in [0.25, 0.3) is 5.91 Å². The summed E-state index contributed by atoms with van der Waals surface area (Å²) in [5, 5.41) is 6.55. The first-order chi connectivity index (χ1) is 10.8. The Hall–Kier alpha value is -2.51. The molecule has 1 aromatic carbocycles. The standard InChI is InChI=1S/C15H16F3N3O2/c1-10(14(22)19-9-11-7-8-20-21(11)2)23-13-6-4-3-5-12(13)15(16,17)18/h3-8,10H,9H2,1-2H3,(H,19,22)/t10-/m0/s1. The van der Waals surface area contributed by atoms with E-state index in [1.54, 1.807) is 24.0 Å². The van der Waals surface area contributed by atoms with Gasteiger partial charge in [-0.05, 0) is 25.1 Å². The van der Waals surface area contributed by atoms with Crippen LogP contribution in [0, 0.1) is 0 Å². The maximum atomic E-state index is 12.9. The Morgan fingerprint density at radius 1 is 1.35 bits per heavy atom. The number of alkyl halides is 3. The van der Waals surface area contributed by atoms with E-state index in [9.17, 15) is 18.0 Å². The van der Waals surface area contributed by atoms with E-state index in [1.807, 2.05) is 0 Å².